The molecule has 0 spiro atoms. The van der Waals surface area contributed by atoms with Crippen LogP contribution in [-0.2, 0) is 0 Å². The quantitative estimate of drug-likeness (QED) is 0.867. The fraction of sp³-hybridized carbons (Fsp3) is 0.600. The molecule has 1 aromatic carbocycles. The molecular formula is C15H24N2O. The van der Waals surface area contributed by atoms with Crippen LogP contribution in [0.2, 0.25) is 0 Å². The molecule has 1 N–H and O–H groups in total. The van der Waals surface area contributed by atoms with Gasteiger partial charge in [0.2, 0.25) is 0 Å². The fourth-order valence-electron chi connectivity index (χ4n) is 2.24. The monoisotopic (exact) mass is 248 g/mol. The summed E-state index contributed by atoms with van der Waals surface area (Å²) in [4.78, 5) is 2.36. The van der Waals surface area contributed by atoms with E-state index in [-0.39, 0.29) is 0 Å². The van der Waals surface area contributed by atoms with E-state index in [1.165, 1.54) is 13.0 Å². The molecule has 1 aliphatic rings. The summed E-state index contributed by atoms with van der Waals surface area (Å²) in [6.07, 6.45) is 1.20. The summed E-state index contributed by atoms with van der Waals surface area (Å²) in [6.45, 7) is 7.39. The molecule has 1 atom stereocenters. The molecule has 1 fully saturated rings. The van der Waals surface area contributed by atoms with Crippen molar-refractivity contribution in [3.8, 4) is 5.75 Å². The van der Waals surface area contributed by atoms with Crippen molar-refractivity contribution in [2.24, 2.45) is 5.92 Å². The van der Waals surface area contributed by atoms with Crippen LogP contribution in [0.5, 0.6) is 5.75 Å². The van der Waals surface area contributed by atoms with Crippen molar-refractivity contribution in [3.05, 3.63) is 24.3 Å². The number of anilines is 1. The predicted molar refractivity (Wildman–Crippen MR) is 76.3 cm³/mol. The Morgan fingerprint density at radius 1 is 1.39 bits per heavy atom. The highest BCUT2D eigenvalue weighted by Gasteiger charge is 2.20. The first-order valence-corrected chi connectivity index (χ1v) is 6.82. The Balaban J connectivity index is 1.98. The van der Waals surface area contributed by atoms with Gasteiger partial charge >= 0.3 is 0 Å². The van der Waals surface area contributed by atoms with Gasteiger partial charge in [0.1, 0.15) is 5.75 Å². The molecule has 0 radical (unpaired) electrons. The zero-order valence-electron chi connectivity index (χ0n) is 11.6. The average Bonchev–Trinajstić information content (AvgIpc) is 2.73. The van der Waals surface area contributed by atoms with Crippen molar-refractivity contribution in [3.63, 3.8) is 0 Å². The standard InChI is InChI=1S/C15H24N2O/c1-12(2)11-18-15-7-5-4-6-14(15)16-13-8-9-17(3)10-13/h4-7,12-13,16H,8-11H2,1-3H3. The van der Waals surface area contributed by atoms with Crippen molar-refractivity contribution < 1.29 is 4.74 Å². The van der Waals surface area contributed by atoms with Gasteiger partial charge in [-0.25, -0.2) is 0 Å². The number of rotatable bonds is 5. The summed E-state index contributed by atoms with van der Waals surface area (Å²) >= 11 is 0. The van der Waals surface area contributed by atoms with Gasteiger partial charge in [0.15, 0.2) is 0 Å². The molecule has 3 nitrogen and oxygen atoms in total. The van der Waals surface area contributed by atoms with Crippen LogP contribution in [0.3, 0.4) is 0 Å². The second kappa shape index (κ2) is 6.10. The summed E-state index contributed by atoms with van der Waals surface area (Å²) in [5.74, 6) is 1.52. The van der Waals surface area contributed by atoms with E-state index in [4.69, 9.17) is 4.74 Å². The number of nitrogens with zero attached hydrogens (tertiary/aromatic N) is 1. The van der Waals surface area contributed by atoms with E-state index in [0.29, 0.717) is 12.0 Å². The molecular weight excluding hydrogens is 224 g/mol. The summed E-state index contributed by atoms with van der Waals surface area (Å²) in [6, 6.07) is 8.78. The molecule has 0 aromatic heterocycles. The molecule has 100 valence electrons. The largest absolute Gasteiger partial charge is 0.491 e. The summed E-state index contributed by atoms with van der Waals surface area (Å²) < 4.78 is 5.86. The van der Waals surface area contributed by atoms with E-state index in [1.54, 1.807) is 0 Å². The summed E-state index contributed by atoms with van der Waals surface area (Å²) in [5, 5.41) is 3.60. The van der Waals surface area contributed by atoms with Crippen LogP contribution < -0.4 is 10.1 Å². The molecule has 2 rings (SSSR count). The van der Waals surface area contributed by atoms with Crippen molar-refractivity contribution in [1.82, 2.24) is 4.90 Å². The number of nitrogens with one attached hydrogen (secondary N) is 1. The maximum Gasteiger partial charge on any atom is 0.142 e. The molecule has 1 heterocycles. The van der Waals surface area contributed by atoms with Crippen LogP contribution in [0.15, 0.2) is 24.3 Å². The lowest BCUT2D eigenvalue weighted by molar-refractivity contribution is 0.272. The average molecular weight is 248 g/mol. The second-order valence-corrected chi connectivity index (χ2v) is 5.59. The van der Waals surface area contributed by atoms with Gasteiger partial charge in [-0.15, -0.1) is 0 Å². The van der Waals surface area contributed by atoms with Crippen LogP contribution in [0.25, 0.3) is 0 Å². The number of likely N-dealkylation sites (N-methyl/N-ethyl adjacent to an activating group) is 1. The molecule has 18 heavy (non-hydrogen) atoms. The number of likely N-dealkylation sites (tertiary alicyclic amines) is 1. The smallest absolute Gasteiger partial charge is 0.142 e. The van der Waals surface area contributed by atoms with Crippen molar-refractivity contribution in [2.75, 3.05) is 32.1 Å². The van der Waals surface area contributed by atoms with Gasteiger partial charge in [0, 0.05) is 12.6 Å². The number of benzene rings is 1. The molecule has 0 aliphatic carbocycles. The van der Waals surface area contributed by atoms with Crippen LogP contribution in [0.1, 0.15) is 20.3 Å². The highest BCUT2D eigenvalue weighted by Crippen LogP contribution is 2.26. The predicted octanol–water partition coefficient (Wildman–Crippen LogP) is 2.84. The second-order valence-electron chi connectivity index (χ2n) is 5.59. The lowest BCUT2D eigenvalue weighted by Crippen LogP contribution is -2.23. The van der Waals surface area contributed by atoms with Gasteiger partial charge in [-0.3, -0.25) is 0 Å². The molecule has 0 saturated carbocycles. The minimum absolute atomic E-state index is 0.541. The highest BCUT2D eigenvalue weighted by molar-refractivity contribution is 5.56. The number of hydrogen-bond donors (Lipinski definition) is 1. The number of ether oxygens (including phenoxy) is 1. The SMILES string of the molecule is CC(C)COc1ccccc1NC1CCN(C)C1. The summed E-state index contributed by atoms with van der Waals surface area (Å²) in [5.41, 5.74) is 1.12. The Morgan fingerprint density at radius 2 is 2.17 bits per heavy atom. The van der Waals surface area contributed by atoms with E-state index in [1.807, 2.05) is 12.1 Å². The Morgan fingerprint density at radius 3 is 2.83 bits per heavy atom. The molecule has 1 aromatic rings. The maximum absolute atomic E-state index is 5.86. The van der Waals surface area contributed by atoms with Gasteiger partial charge < -0.3 is 15.0 Å². The highest BCUT2D eigenvalue weighted by atomic mass is 16.5. The van der Waals surface area contributed by atoms with Crippen LogP contribution in [-0.4, -0.2) is 37.7 Å². The van der Waals surface area contributed by atoms with Crippen molar-refractivity contribution >= 4 is 5.69 Å². The normalized spacial score (nSPS) is 20.3. The third kappa shape index (κ3) is 3.64. The zero-order chi connectivity index (χ0) is 13.0. The number of para-hydroxylation sites is 2. The third-order valence-corrected chi connectivity index (χ3v) is 3.21. The van der Waals surface area contributed by atoms with E-state index in [0.717, 1.165) is 24.6 Å². The Hall–Kier alpha value is -1.22. The molecule has 3 heteroatoms. The Kier molecular flexibility index (Phi) is 4.48. The molecule has 0 bridgehead atoms. The maximum atomic E-state index is 5.86. The first-order chi connectivity index (χ1) is 8.65. The molecule has 0 amide bonds. The minimum Gasteiger partial charge on any atom is -0.491 e. The van der Waals surface area contributed by atoms with Crippen LogP contribution >= 0.6 is 0 Å². The van der Waals surface area contributed by atoms with Crippen LogP contribution in [0.4, 0.5) is 5.69 Å². The van der Waals surface area contributed by atoms with E-state index < -0.39 is 0 Å². The topological polar surface area (TPSA) is 24.5 Å². The Labute approximate surface area is 110 Å². The molecule has 1 aliphatic heterocycles. The molecule has 1 saturated heterocycles. The van der Waals surface area contributed by atoms with Crippen molar-refractivity contribution in [2.45, 2.75) is 26.3 Å². The Bertz CT molecular complexity index is 379. The van der Waals surface area contributed by atoms with E-state index in [9.17, 15) is 0 Å². The zero-order valence-corrected chi connectivity index (χ0v) is 11.6. The third-order valence-electron chi connectivity index (χ3n) is 3.21. The van der Waals surface area contributed by atoms with Gasteiger partial charge in [-0.1, -0.05) is 26.0 Å². The van der Waals surface area contributed by atoms with Gasteiger partial charge in [-0.2, -0.15) is 0 Å². The van der Waals surface area contributed by atoms with Crippen LogP contribution in [0, 0.1) is 5.92 Å². The van der Waals surface area contributed by atoms with Crippen molar-refractivity contribution in [1.29, 1.82) is 0 Å². The van der Waals surface area contributed by atoms with E-state index >= 15 is 0 Å². The van der Waals surface area contributed by atoms with Gasteiger partial charge in [0.25, 0.3) is 0 Å². The lowest BCUT2D eigenvalue weighted by Gasteiger charge is -2.18. The summed E-state index contributed by atoms with van der Waals surface area (Å²) in [7, 11) is 2.17. The fourth-order valence-corrected chi connectivity index (χ4v) is 2.24. The lowest BCUT2D eigenvalue weighted by atomic mass is 10.2. The minimum atomic E-state index is 0.541. The van der Waals surface area contributed by atoms with Gasteiger partial charge in [0.05, 0.1) is 12.3 Å². The molecule has 1 unspecified atom stereocenters. The first kappa shape index (κ1) is 13.2. The first-order valence-electron chi connectivity index (χ1n) is 6.82. The van der Waals surface area contributed by atoms with E-state index in [2.05, 4.69) is 43.2 Å². The van der Waals surface area contributed by atoms with Gasteiger partial charge in [-0.05, 0) is 38.1 Å². The number of hydrogen-bond acceptors (Lipinski definition) is 3.